The lowest BCUT2D eigenvalue weighted by molar-refractivity contribution is -0.143. The summed E-state index contributed by atoms with van der Waals surface area (Å²) in [6, 6.07) is 17.5. The van der Waals surface area contributed by atoms with Crippen LogP contribution in [0.5, 0.6) is 11.5 Å². The number of nitrogens with one attached hydrogen (secondary N) is 1. The molecule has 0 unspecified atom stereocenters. The molecule has 2 aromatic carbocycles. The third-order valence-corrected chi connectivity index (χ3v) is 7.94. The Morgan fingerprint density at radius 1 is 1.08 bits per heavy atom. The summed E-state index contributed by atoms with van der Waals surface area (Å²) in [5.41, 5.74) is 2.28. The van der Waals surface area contributed by atoms with Gasteiger partial charge in [-0.25, -0.2) is 0 Å². The van der Waals surface area contributed by atoms with Crippen LogP contribution in [0.4, 0.5) is 5.69 Å². The number of hydrogen-bond donors (Lipinski definition) is 1. The van der Waals surface area contributed by atoms with Crippen LogP contribution < -0.4 is 14.8 Å². The molecule has 1 fully saturated rings. The fraction of sp³-hybridized carbons (Fsp3) is 0.379. The minimum absolute atomic E-state index is 0.207. The molecule has 7 heteroatoms. The van der Waals surface area contributed by atoms with Gasteiger partial charge in [0, 0.05) is 6.07 Å². The Bertz CT molecular complexity index is 1220. The predicted molar refractivity (Wildman–Crippen MR) is 136 cm³/mol. The van der Waals surface area contributed by atoms with Crippen molar-refractivity contribution in [1.82, 2.24) is 4.90 Å². The number of furan rings is 1. The Hall–Kier alpha value is -3.74. The van der Waals surface area contributed by atoms with Gasteiger partial charge in [0.2, 0.25) is 12.3 Å². The van der Waals surface area contributed by atoms with Gasteiger partial charge in [0.15, 0.2) is 0 Å². The van der Waals surface area contributed by atoms with Crippen LogP contribution in [-0.2, 0) is 29.0 Å². The maximum atomic E-state index is 14.1. The SMILES string of the molecule is COc1ccc(NC(=O)[C@]2(N(C=O)Cc3ccco3)CC[C@@H]3Cc4ccccc4C[C@@H]3C2)c(OC)c1. The second kappa shape index (κ2) is 10.1. The van der Waals surface area contributed by atoms with Crippen LogP contribution in [0, 0.1) is 11.8 Å². The topological polar surface area (TPSA) is 81.0 Å². The number of methoxy groups -OCH3 is 2. The Kier molecular flexibility index (Phi) is 6.72. The number of nitrogens with zero attached hydrogens (tertiary/aromatic N) is 1. The van der Waals surface area contributed by atoms with Crippen molar-refractivity contribution in [2.24, 2.45) is 11.8 Å². The summed E-state index contributed by atoms with van der Waals surface area (Å²) in [5.74, 6) is 2.37. The van der Waals surface area contributed by atoms with E-state index in [-0.39, 0.29) is 12.5 Å². The molecule has 1 N–H and O–H groups in total. The highest BCUT2D eigenvalue weighted by atomic mass is 16.5. The number of rotatable bonds is 8. The van der Waals surface area contributed by atoms with Gasteiger partial charge in [-0.15, -0.1) is 0 Å². The first-order valence-electron chi connectivity index (χ1n) is 12.4. The van der Waals surface area contributed by atoms with Crippen molar-refractivity contribution in [3.63, 3.8) is 0 Å². The molecule has 2 aliphatic rings. The molecule has 1 saturated carbocycles. The van der Waals surface area contributed by atoms with E-state index < -0.39 is 5.54 Å². The average Bonchev–Trinajstić information content (AvgIpc) is 3.43. The Balaban J connectivity index is 1.48. The third kappa shape index (κ3) is 4.45. The summed E-state index contributed by atoms with van der Waals surface area (Å²) in [6.45, 7) is 0.234. The van der Waals surface area contributed by atoms with Crippen molar-refractivity contribution in [3.05, 3.63) is 77.7 Å². The van der Waals surface area contributed by atoms with Gasteiger partial charge >= 0.3 is 0 Å². The van der Waals surface area contributed by atoms with Crippen molar-refractivity contribution in [3.8, 4) is 11.5 Å². The van der Waals surface area contributed by atoms with Gasteiger partial charge in [-0.1, -0.05) is 24.3 Å². The number of carbonyl (C=O) groups is 2. The molecule has 0 bridgehead atoms. The molecule has 2 amide bonds. The molecular formula is C29H32N2O5. The Morgan fingerprint density at radius 2 is 1.86 bits per heavy atom. The number of amides is 2. The number of ether oxygens (including phenoxy) is 2. The highest BCUT2D eigenvalue weighted by molar-refractivity contribution is 6.00. The second-order valence-electron chi connectivity index (χ2n) is 9.80. The number of anilines is 1. The first-order valence-corrected chi connectivity index (χ1v) is 12.4. The van der Waals surface area contributed by atoms with Gasteiger partial charge in [-0.05, 0) is 79.3 Å². The van der Waals surface area contributed by atoms with Gasteiger partial charge in [0.05, 0.1) is 32.7 Å². The van der Waals surface area contributed by atoms with Crippen LogP contribution in [0.15, 0.2) is 65.3 Å². The minimum atomic E-state index is -1.01. The maximum Gasteiger partial charge on any atom is 0.250 e. The van der Waals surface area contributed by atoms with Crippen molar-refractivity contribution in [1.29, 1.82) is 0 Å². The maximum absolute atomic E-state index is 14.1. The second-order valence-corrected chi connectivity index (χ2v) is 9.80. The molecule has 3 aromatic rings. The van der Waals surface area contributed by atoms with E-state index >= 15 is 0 Å². The number of fused-ring (bicyclic) bond motifs is 2. The molecule has 0 saturated heterocycles. The fourth-order valence-corrected chi connectivity index (χ4v) is 5.99. The van der Waals surface area contributed by atoms with Crippen LogP contribution in [-0.4, -0.2) is 37.0 Å². The van der Waals surface area contributed by atoms with E-state index in [0.29, 0.717) is 47.6 Å². The summed E-state index contributed by atoms with van der Waals surface area (Å²) < 4.78 is 16.4. The summed E-state index contributed by atoms with van der Waals surface area (Å²) in [4.78, 5) is 28.3. The molecule has 36 heavy (non-hydrogen) atoms. The van der Waals surface area contributed by atoms with E-state index in [1.54, 1.807) is 49.6 Å². The zero-order valence-corrected chi connectivity index (χ0v) is 20.7. The molecule has 0 spiro atoms. The molecule has 0 aliphatic heterocycles. The summed E-state index contributed by atoms with van der Waals surface area (Å²) >= 11 is 0. The first kappa shape index (κ1) is 24.0. The minimum Gasteiger partial charge on any atom is -0.497 e. The fourth-order valence-electron chi connectivity index (χ4n) is 5.99. The first-order chi connectivity index (χ1) is 17.6. The molecule has 5 rings (SSSR count). The van der Waals surface area contributed by atoms with E-state index in [4.69, 9.17) is 13.9 Å². The van der Waals surface area contributed by atoms with Crippen molar-refractivity contribution < 1.29 is 23.5 Å². The molecular weight excluding hydrogens is 456 g/mol. The standard InChI is InChI=1S/C29H32N2O5/c1-34-24-9-10-26(27(16-24)35-2)30-28(33)29(31(19-32)18-25-8-5-13-36-25)12-11-22-14-20-6-3-4-7-21(20)15-23(22)17-29/h3-10,13,16,19,22-23H,11-12,14-15,17-18H2,1-2H3,(H,30,33)/t22-,23-,29+/m1/s1. The Labute approximate surface area is 211 Å². The summed E-state index contributed by atoms with van der Waals surface area (Å²) in [6.07, 6.45) is 6.36. The number of carbonyl (C=O) groups excluding carboxylic acids is 2. The largest absolute Gasteiger partial charge is 0.497 e. The zero-order valence-electron chi connectivity index (χ0n) is 20.7. The molecule has 1 aromatic heterocycles. The van der Waals surface area contributed by atoms with E-state index in [9.17, 15) is 9.59 Å². The summed E-state index contributed by atoms with van der Waals surface area (Å²) in [5, 5.41) is 3.08. The molecule has 7 nitrogen and oxygen atoms in total. The van der Waals surface area contributed by atoms with Gasteiger partial charge < -0.3 is 24.1 Å². The van der Waals surface area contributed by atoms with Crippen LogP contribution in [0.25, 0.3) is 0 Å². The van der Waals surface area contributed by atoms with Gasteiger partial charge in [-0.3, -0.25) is 9.59 Å². The van der Waals surface area contributed by atoms with E-state index in [1.807, 2.05) is 6.07 Å². The van der Waals surface area contributed by atoms with E-state index in [1.165, 1.54) is 11.1 Å². The van der Waals surface area contributed by atoms with Crippen LogP contribution in [0.3, 0.4) is 0 Å². The lowest BCUT2D eigenvalue weighted by atomic mass is 9.62. The number of benzene rings is 2. The van der Waals surface area contributed by atoms with Gasteiger partial charge in [0.1, 0.15) is 22.8 Å². The zero-order chi connectivity index (χ0) is 25.1. The summed E-state index contributed by atoms with van der Waals surface area (Å²) in [7, 11) is 3.14. The lowest BCUT2D eigenvalue weighted by Gasteiger charge is -2.49. The van der Waals surface area contributed by atoms with Crippen LogP contribution in [0.2, 0.25) is 0 Å². The quantitative estimate of drug-likeness (QED) is 0.459. The van der Waals surface area contributed by atoms with E-state index in [0.717, 1.165) is 25.7 Å². The monoisotopic (exact) mass is 488 g/mol. The third-order valence-electron chi connectivity index (χ3n) is 7.94. The van der Waals surface area contributed by atoms with E-state index in [2.05, 4.69) is 29.6 Å². The van der Waals surface area contributed by atoms with Crippen LogP contribution >= 0.6 is 0 Å². The normalized spacial score (nSPS) is 22.6. The van der Waals surface area contributed by atoms with Gasteiger partial charge in [-0.2, -0.15) is 0 Å². The molecule has 2 aliphatic carbocycles. The smallest absolute Gasteiger partial charge is 0.250 e. The van der Waals surface area contributed by atoms with Crippen molar-refractivity contribution >= 4 is 18.0 Å². The average molecular weight is 489 g/mol. The van der Waals surface area contributed by atoms with Gasteiger partial charge in [0.25, 0.3) is 0 Å². The molecule has 1 heterocycles. The highest BCUT2D eigenvalue weighted by Crippen LogP contribution is 2.46. The molecule has 3 atom stereocenters. The molecule has 188 valence electrons. The Morgan fingerprint density at radius 3 is 2.53 bits per heavy atom. The van der Waals surface area contributed by atoms with Crippen molar-refractivity contribution in [2.45, 2.75) is 44.2 Å². The number of hydrogen-bond acceptors (Lipinski definition) is 5. The lowest BCUT2D eigenvalue weighted by Crippen LogP contribution is -2.60. The highest BCUT2D eigenvalue weighted by Gasteiger charge is 2.51. The van der Waals surface area contributed by atoms with Crippen molar-refractivity contribution in [2.75, 3.05) is 19.5 Å². The predicted octanol–water partition coefficient (Wildman–Crippen LogP) is 4.85. The van der Waals surface area contributed by atoms with Crippen LogP contribution in [0.1, 0.15) is 36.1 Å². The molecule has 0 radical (unpaired) electrons.